The molecule has 4 rings (SSSR count). The minimum absolute atomic E-state index is 0.410. The second kappa shape index (κ2) is 7.14. The molecule has 0 saturated carbocycles. The van der Waals surface area contributed by atoms with Crippen LogP contribution in [0.4, 0.5) is 11.6 Å². The van der Waals surface area contributed by atoms with Crippen LogP contribution in [0, 0.1) is 0 Å². The molecule has 1 aliphatic heterocycles. The largest absolute Gasteiger partial charge is 0.366 e. The number of rotatable bonds is 3. The molecule has 1 aromatic carbocycles. The number of aromatic nitrogens is 3. The molecule has 3 heterocycles. The van der Waals surface area contributed by atoms with Gasteiger partial charge in [0.05, 0.1) is 10.5 Å². The summed E-state index contributed by atoms with van der Waals surface area (Å²) in [4.78, 5) is 7.09. The van der Waals surface area contributed by atoms with Crippen LogP contribution >= 0.6 is 27.5 Å². The molecule has 0 amide bonds. The number of pyridine rings is 1. The number of fused-ring (bicyclic) bond motifs is 1. The molecule has 3 aromatic rings. The Kier molecular flexibility index (Phi) is 4.72. The lowest BCUT2D eigenvalue weighted by Crippen LogP contribution is -2.39. The van der Waals surface area contributed by atoms with Crippen molar-refractivity contribution in [3.8, 4) is 0 Å². The molecule has 5 nitrogen and oxygen atoms in total. The zero-order valence-electron chi connectivity index (χ0n) is 13.5. The van der Waals surface area contributed by atoms with Crippen LogP contribution in [-0.2, 0) is 0 Å². The summed E-state index contributed by atoms with van der Waals surface area (Å²) in [5.41, 5.74) is 0.849. The maximum absolute atomic E-state index is 6.35. The highest BCUT2D eigenvalue weighted by Crippen LogP contribution is 2.29. The van der Waals surface area contributed by atoms with Crippen molar-refractivity contribution in [2.24, 2.45) is 0 Å². The Hall–Kier alpha value is -1.92. The minimum atomic E-state index is 0.410. The van der Waals surface area contributed by atoms with Crippen molar-refractivity contribution in [3.63, 3.8) is 0 Å². The lowest BCUT2D eigenvalue weighted by molar-refractivity contribution is 0.522. The lowest BCUT2D eigenvalue weighted by Gasteiger charge is -2.33. The van der Waals surface area contributed by atoms with Gasteiger partial charge in [-0.2, -0.15) is 5.10 Å². The monoisotopic (exact) mass is 417 g/mol. The van der Waals surface area contributed by atoms with Crippen LogP contribution in [-0.4, -0.2) is 34.3 Å². The van der Waals surface area contributed by atoms with E-state index < -0.39 is 0 Å². The summed E-state index contributed by atoms with van der Waals surface area (Å²) in [7, 11) is 0. The maximum Gasteiger partial charge on any atom is 0.148 e. The van der Waals surface area contributed by atoms with Crippen molar-refractivity contribution < 1.29 is 0 Å². The third-order valence-corrected chi connectivity index (χ3v) is 5.19. The average molecular weight is 419 g/mol. The Balaban J connectivity index is 1.46. The van der Waals surface area contributed by atoms with Gasteiger partial charge in [-0.1, -0.05) is 27.5 Å². The van der Waals surface area contributed by atoms with Crippen LogP contribution in [0.5, 0.6) is 0 Å². The van der Waals surface area contributed by atoms with E-state index >= 15 is 0 Å². The predicted molar refractivity (Wildman–Crippen MR) is 105 cm³/mol. The molecule has 1 fully saturated rings. The number of benzene rings is 1. The zero-order valence-corrected chi connectivity index (χ0v) is 15.8. The number of hydrogen-bond acceptors (Lipinski definition) is 5. The standard InChI is InChI=1S/C18H17BrClN5/c19-13-10-12-3-4-17(23-18(12)15(20)11-13)25-8-5-14(6-9-25)22-16-2-1-7-21-24-16/h1-4,7,10-11,14H,5-6,8-9H2,(H,22,24). The molecule has 0 bridgehead atoms. The SMILES string of the molecule is Clc1cc(Br)cc2ccc(N3CCC(Nc4cccnn4)CC3)nc12. The number of piperidine rings is 1. The Morgan fingerprint density at radius 1 is 1.16 bits per heavy atom. The number of nitrogens with one attached hydrogen (secondary N) is 1. The first-order valence-electron chi connectivity index (χ1n) is 8.24. The van der Waals surface area contributed by atoms with E-state index in [-0.39, 0.29) is 0 Å². The normalized spacial score (nSPS) is 15.5. The lowest BCUT2D eigenvalue weighted by atomic mass is 10.0. The van der Waals surface area contributed by atoms with Crippen LogP contribution in [0.1, 0.15) is 12.8 Å². The van der Waals surface area contributed by atoms with Gasteiger partial charge in [-0.25, -0.2) is 4.98 Å². The van der Waals surface area contributed by atoms with Gasteiger partial charge in [0, 0.05) is 35.2 Å². The van der Waals surface area contributed by atoms with Crippen molar-refractivity contribution in [2.45, 2.75) is 18.9 Å². The fraction of sp³-hybridized carbons (Fsp3) is 0.278. The van der Waals surface area contributed by atoms with Crippen LogP contribution in [0.3, 0.4) is 0 Å². The molecule has 0 unspecified atom stereocenters. The summed E-state index contributed by atoms with van der Waals surface area (Å²) in [5, 5.41) is 13.2. The molecule has 128 valence electrons. The smallest absolute Gasteiger partial charge is 0.148 e. The Morgan fingerprint density at radius 3 is 2.76 bits per heavy atom. The predicted octanol–water partition coefficient (Wildman–Crippen LogP) is 4.52. The quantitative estimate of drug-likeness (QED) is 0.677. The van der Waals surface area contributed by atoms with Crippen molar-refractivity contribution in [2.75, 3.05) is 23.3 Å². The summed E-state index contributed by atoms with van der Waals surface area (Å²) >= 11 is 9.83. The van der Waals surface area contributed by atoms with E-state index in [9.17, 15) is 0 Å². The van der Waals surface area contributed by atoms with Gasteiger partial charge in [-0.3, -0.25) is 0 Å². The van der Waals surface area contributed by atoms with Gasteiger partial charge in [-0.15, -0.1) is 5.10 Å². The van der Waals surface area contributed by atoms with Gasteiger partial charge in [0.15, 0.2) is 0 Å². The second-order valence-corrected chi connectivity index (χ2v) is 7.47. The van der Waals surface area contributed by atoms with Crippen LogP contribution in [0.15, 0.2) is 47.1 Å². The molecular formula is C18H17BrClN5. The second-order valence-electron chi connectivity index (χ2n) is 6.14. The molecule has 0 aliphatic carbocycles. The molecule has 7 heteroatoms. The highest BCUT2D eigenvalue weighted by atomic mass is 79.9. The fourth-order valence-electron chi connectivity index (χ4n) is 3.16. The van der Waals surface area contributed by atoms with E-state index in [2.05, 4.69) is 48.5 Å². The van der Waals surface area contributed by atoms with E-state index in [4.69, 9.17) is 16.6 Å². The Bertz CT molecular complexity index is 881. The molecule has 0 atom stereocenters. The van der Waals surface area contributed by atoms with Crippen LogP contribution in [0.2, 0.25) is 5.02 Å². The van der Waals surface area contributed by atoms with Gasteiger partial charge in [0.2, 0.25) is 0 Å². The van der Waals surface area contributed by atoms with Gasteiger partial charge in [-0.05, 0) is 49.2 Å². The van der Waals surface area contributed by atoms with Gasteiger partial charge >= 0.3 is 0 Å². The highest BCUT2D eigenvalue weighted by Gasteiger charge is 2.20. The van der Waals surface area contributed by atoms with Crippen molar-refractivity contribution in [1.82, 2.24) is 15.2 Å². The van der Waals surface area contributed by atoms with E-state index in [0.29, 0.717) is 11.1 Å². The van der Waals surface area contributed by atoms with E-state index in [1.54, 1.807) is 6.20 Å². The van der Waals surface area contributed by atoms with Gasteiger partial charge in [0.1, 0.15) is 11.6 Å². The zero-order chi connectivity index (χ0) is 17.2. The topological polar surface area (TPSA) is 53.9 Å². The fourth-order valence-corrected chi connectivity index (χ4v) is 4.04. The summed E-state index contributed by atoms with van der Waals surface area (Å²) in [6.45, 7) is 1.90. The first-order valence-corrected chi connectivity index (χ1v) is 9.41. The summed E-state index contributed by atoms with van der Waals surface area (Å²) in [6.07, 6.45) is 3.75. The van der Waals surface area contributed by atoms with Gasteiger partial charge in [0.25, 0.3) is 0 Å². The minimum Gasteiger partial charge on any atom is -0.366 e. The maximum atomic E-state index is 6.35. The Morgan fingerprint density at radius 2 is 2.00 bits per heavy atom. The third kappa shape index (κ3) is 3.70. The van der Waals surface area contributed by atoms with E-state index in [1.807, 2.05) is 24.3 Å². The summed E-state index contributed by atoms with van der Waals surface area (Å²) in [6, 6.07) is 12.3. The number of halogens is 2. The molecule has 2 aromatic heterocycles. The highest BCUT2D eigenvalue weighted by molar-refractivity contribution is 9.10. The summed E-state index contributed by atoms with van der Waals surface area (Å²) < 4.78 is 0.968. The van der Waals surface area contributed by atoms with Gasteiger partial charge < -0.3 is 10.2 Å². The van der Waals surface area contributed by atoms with Crippen molar-refractivity contribution >= 4 is 50.1 Å². The van der Waals surface area contributed by atoms with E-state index in [1.165, 1.54) is 0 Å². The molecule has 0 spiro atoms. The number of nitrogens with zero attached hydrogens (tertiary/aromatic N) is 4. The average Bonchev–Trinajstić information content (AvgIpc) is 2.63. The molecule has 1 aliphatic rings. The number of hydrogen-bond donors (Lipinski definition) is 1. The molecule has 1 saturated heterocycles. The Labute approximate surface area is 159 Å². The molecular weight excluding hydrogens is 402 g/mol. The van der Waals surface area contributed by atoms with Crippen molar-refractivity contribution in [1.29, 1.82) is 0 Å². The third-order valence-electron chi connectivity index (χ3n) is 4.44. The summed E-state index contributed by atoms with van der Waals surface area (Å²) in [5.74, 6) is 1.82. The van der Waals surface area contributed by atoms with Crippen LogP contribution in [0.25, 0.3) is 10.9 Å². The van der Waals surface area contributed by atoms with E-state index in [0.717, 1.165) is 52.9 Å². The van der Waals surface area contributed by atoms with Crippen molar-refractivity contribution in [3.05, 3.63) is 52.1 Å². The number of anilines is 2. The first kappa shape index (κ1) is 16.5. The first-order chi connectivity index (χ1) is 12.2. The molecule has 0 radical (unpaired) electrons. The van der Waals surface area contributed by atoms with Crippen LogP contribution < -0.4 is 10.2 Å². The molecule has 1 N–H and O–H groups in total. The molecule has 25 heavy (non-hydrogen) atoms.